The lowest BCUT2D eigenvalue weighted by Crippen LogP contribution is -2.42. The monoisotopic (exact) mass is 698 g/mol. The van der Waals surface area contributed by atoms with Gasteiger partial charge in [-0.15, -0.1) is 0 Å². The van der Waals surface area contributed by atoms with Gasteiger partial charge in [0.05, 0.1) is 30.2 Å². The van der Waals surface area contributed by atoms with Gasteiger partial charge in [-0.3, -0.25) is 0 Å². The van der Waals surface area contributed by atoms with Crippen LogP contribution in [0.25, 0.3) is 11.3 Å². The van der Waals surface area contributed by atoms with Crippen LogP contribution in [0.15, 0.2) is 28.9 Å². The molecular formula is C26H26BrF7N6O4. The Morgan fingerprint density at radius 3 is 1.84 bits per heavy atom. The van der Waals surface area contributed by atoms with Crippen LogP contribution in [0.4, 0.5) is 40.3 Å². The number of carbonyl (C=O) groups excluding carboxylic acids is 1. The third-order valence-corrected chi connectivity index (χ3v) is 7.15. The summed E-state index contributed by atoms with van der Waals surface area (Å²) in [5, 5.41) is 8.78. The molecule has 1 aromatic carbocycles. The molecule has 0 saturated carbocycles. The van der Waals surface area contributed by atoms with E-state index in [0.717, 1.165) is 26.2 Å². The number of fused-ring (bicyclic) bond motifs is 2. The zero-order valence-corrected chi connectivity index (χ0v) is 25.0. The number of carboxylic acid groups (broad SMARTS) is 1. The minimum Gasteiger partial charge on any atom is -0.465 e. The molecule has 1 N–H and O–H groups in total. The summed E-state index contributed by atoms with van der Waals surface area (Å²) in [6.45, 7) is 4.95. The highest BCUT2D eigenvalue weighted by molar-refractivity contribution is 9.10. The largest absolute Gasteiger partial charge is 0.465 e. The van der Waals surface area contributed by atoms with Crippen molar-refractivity contribution in [2.75, 3.05) is 13.1 Å². The smallest absolute Gasteiger partial charge is 0.449 e. The standard InChI is InChI=1S/C18H19F4N3O2.C8H7BrF3N3O2/c1-17(2,3)27-16(26)24-8-9-25-13(10-24)14(23-15(25)18(20,21)22)11-4-6-12(19)7-5-11;9-5-4-3-14(7(16)17)1-2-15(4)6(13-5)8(10,11)12/h4-7H,8-10H2,1-3H3;1-3H2,(H,16,17). The van der Waals surface area contributed by atoms with Gasteiger partial charge in [-0.25, -0.2) is 23.9 Å². The summed E-state index contributed by atoms with van der Waals surface area (Å²) >= 11 is 2.92. The van der Waals surface area contributed by atoms with Gasteiger partial charge in [0, 0.05) is 31.7 Å². The molecule has 0 fully saturated rings. The molecule has 2 aromatic heterocycles. The molecule has 2 aliphatic rings. The first-order valence-corrected chi connectivity index (χ1v) is 13.8. The Bertz CT molecular complexity index is 1540. The molecule has 5 rings (SSSR count). The highest BCUT2D eigenvalue weighted by Gasteiger charge is 2.42. The molecule has 18 heteroatoms. The number of hydrogen-bond acceptors (Lipinski definition) is 5. The highest BCUT2D eigenvalue weighted by atomic mass is 79.9. The fourth-order valence-corrected chi connectivity index (χ4v) is 5.12. The summed E-state index contributed by atoms with van der Waals surface area (Å²) in [5.41, 5.74) is 0.181. The van der Waals surface area contributed by atoms with Crippen molar-refractivity contribution in [1.29, 1.82) is 0 Å². The van der Waals surface area contributed by atoms with Crippen molar-refractivity contribution in [3.05, 3.63) is 57.7 Å². The van der Waals surface area contributed by atoms with Crippen LogP contribution in [0, 0.1) is 5.82 Å². The Kier molecular flexibility index (Phi) is 8.97. The first kappa shape index (κ1) is 33.1. The topological polar surface area (TPSA) is 106 Å². The van der Waals surface area contributed by atoms with E-state index in [1.165, 1.54) is 17.0 Å². The normalized spacial score (nSPS) is 15.2. The van der Waals surface area contributed by atoms with Gasteiger partial charge in [-0.05, 0) is 61.0 Å². The minimum atomic E-state index is -4.64. The van der Waals surface area contributed by atoms with Crippen molar-refractivity contribution >= 4 is 28.1 Å². The number of ether oxygens (including phenoxy) is 1. The van der Waals surface area contributed by atoms with E-state index in [4.69, 9.17) is 9.84 Å². The van der Waals surface area contributed by atoms with Gasteiger partial charge in [0.25, 0.3) is 0 Å². The molecule has 240 valence electrons. The quantitative estimate of drug-likeness (QED) is 0.287. The maximum Gasteiger partial charge on any atom is 0.449 e. The Hall–Kier alpha value is -3.83. The average molecular weight is 699 g/mol. The molecule has 0 unspecified atom stereocenters. The SMILES string of the molecule is CC(C)(C)OC(=O)N1CCn2c(C(F)(F)F)nc(-c3ccc(F)cc3)c2C1.O=C(O)N1CCn2c(C(F)(F)F)nc(Br)c2C1. The predicted molar refractivity (Wildman–Crippen MR) is 143 cm³/mol. The van der Waals surface area contributed by atoms with Crippen LogP contribution < -0.4 is 0 Å². The predicted octanol–water partition coefficient (Wildman–Crippen LogP) is 6.62. The van der Waals surface area contributed by atoms with Gasteiger partial charge < -0.3 is 28.8 Å². The molecule has 0 radical (unpaired) electrons. The van der Waals surface area contributed by atoms with E-state index in [1.54, 1.807) is 20.8 Å². The van der Waals surface area contributed by atoms with Crippen LogP contribution in [-0.4, -0.2) is 64.9 Å². The van der Waals surface area contributed by atoms with Crippen LogP contribution in [0.1, 0.15) is 43.8 Å². The van der Waals surface area contributed by atoms with Crippen molar-refractivity contribution in [1.82, 2.24) is 28.9 Å². The van der Waals surface area contributed by atoms with E-state index < -0.39 is 47.6 Å². The van der Waals surface area contributed by atoms with Crippen molar-refractivity contribution in [2.24, 2.45) is 0 Å². The number of amides is 2. The average Bonchev–Trinajstić information content (AvgIpc) is 3.46. The number of carbonyl (C=O) groups is 2. The van der Waals surface area contributed by atoms with Gasteiger partial charge in [0.15, 0.2) is 0 Å². The number of alkyl halides is 6. The number of hydrogen-bond donors (Lipinski definition) is 1. The second-order valence-corrected chi connectivity index (χ2v) is 11.6. The van der Waals surface area contributed by atoms with Crippen LogP contribution in [0.3, 0.4) is 0 Å². The van der Waals surface area contributed by atoms with E-state index in [9.17, 15) is 40.3 Å². The summed E-state index contributed by atoms with van der Waals surface area (Å²) in [5.74, 6) is -2.52. The summed E-state index contributed by atoms with van der Waals surface area (Å²) in [7, 11) is 0. The Morgan fingerprint density at radius 1 is 0.818 bits per heavy atom. The number of imidazole rings is 2. The summed E-state index contributed by atoms with van der Waals surface area (Å²) in [6.07, 6.45) is -10.9. The van der Waals surface area contributed by atoms with Gasteiger partial charge in [0.1, 0.15) is 16.0 Å². The maximum absolute atomic E-state index is 13.4. The number of benzene rings is 1. The Morgan fingerprint density at radius 2 is 1.32 bits per heavy atom. The number of rotatable bonds is 1. The molecule has 2 amide bonds. The Balaban J connectivity index is 0.000000223. The van der Waals surface area contributed by atoms with Gasteiger partial charge in [-0.1, -0.05) is 0 Å². The van der Waals surface area contributed by atoms with Crippen molar-refractivity contribution in [3.63, 3.8) is 0 Å². The molecule has 10 nitrogen and oxygen atoms in total. The molecule has 0 saturated heterocycles. The molecular weight excluding hydrogens is 673 g/mol. The molecule has 0 bridgehead atoms. The fourth-order valence-electron chi connectivity index (χ4n) is 4.61. The molecule has 0 atom stereocenters. The second-order valence-electron chi connectivity index (χ2n) is 10.8. The van der Waals surface area contributed by atoms with Gasteiger partial charge in [-0.2, -0.15) is 26.3 Å². The van der Waals surface area contributed by atoms with Crippen molar-refractivity contribution in [2.45, 2.75) is 64.9 Å². The lowest BCUT2D eigenvalue weighted by Gasteiger charge is -2.31. The summed E-state index contributed by atoms with van der Waals surface area (Å²) in [6, 6.07) is 5.04. The van der Waals surface area contributed by atoms with E-state index in [0.29, 0.717) is 5.56 Å². The lowest BCUT2D eigenvalue weighted by atomic mass is 10.1. The van der Waals surface area contributed by atoms with E-state index in [1.807, 2.05) is 0 Å². The van der Waals surface area contributed by atoms with Gasteiger partial charge in [0.2, 0.25) is 11.6 Å². The first-order chi connectivity index (χ1) is 20.3. The molecule has 44 heavy (non-hydrogen) atoms. The maximum atomic E-state index is 13.4. The summed E-state index contributed by atoms with van der Waals surface area (Å²) in [4.78, 5) is 32.6. The first-order valence-electron chi connectivity index (χ1n) is 13.0. The lowest BCUT2D eigenvalue weighted by molar-refractivity contribution is -0.148. The third kappa shape index (κ3) is 7.27. The van der Waals surface area contributed by atoms with Crippen LogP contribution >= 0.6 is 15.9 Å². The van der Waals surface area contributed by atoms with Crippen molar-refractivity contribution < 1.29 is 50.2 Å². The van der Waals surface area contributed by atoms with E-state index >= 15 is 0 Å². The third-order valence-electron chi connectivity index (χ3n) is 6.51. The zero-order chi connectivity index (χ0) is 32.8. The Labute approximate surface area is 254 Å². The number of nitrogens with zero attached hydrogens (tertiary/aromatic N) is 6. The van der Waals surface area contributed by atoms with E-state index in [-0.39, 0.29) is 61.0 Å². The van der Waals surface area contributed by atoms with Crippen molar-refractivity contribution in [3.8, 4) is 11.3 Å². The summed E-state index contributed by atoms with van der Waals surface area (Å²) < 4.78 is 98.6. The van der Waals surface area contributed by atoms with Crippen LogP contribution in [0.5, 0.6) is 0 Å². The van der Waals surface area contributed by atoms with Gasteiger partial charge >= 0.3 is 24.5 Å². The highest BCUT2D eigenvalue weighted by Crippen LogP contribution is 2.36. The molecule has 0 spiro atoms. The van der Waals surface area contributed by atoms with E-state index in [2.05, 4.69) is 25.9 Å². The fraction of sp³-hybridized carbons (Fsp3) is 0.462. The zero-order valence-electron chi connectivity index (χ0n) is 23.4. The number of halogens is 8. The number of aromatic nitrogens is 4. The molecule has 4 heterocycles. The second kappa shape index (κ2) is 11.9. The van der Waals surface area contributed by atoms with Crippen LogP contribution in [0.2, 0.25) is 0 Å². The molecule has 2 aliphatic heterocycles. The molecule has 0 aliphatic carbocycles. The minimum absolute atomic E-state index is 0.0220. The molecule has 3 aromatic rings. The van der Waals surface area contributed by atoms with Crippen LogP contribution in [-0.2, 0) is 43.3 Å².